The summed E-state index contributed by atoms with van der Waals surface area (Å²) in [4.78, 5) is 39.1. The fourth-order valence-electron chi connectivity index (χ4n) is 2.37. The van der Waals surface area contributed by atoms with Gasteiger partial charge in [0.2, 0.25) is 5.91 Å². The topological polar surface area (TPSA) is 166 Å². The summed E-state index contributed by atoms with van der Waals surface area (Å²) < 4.78 is 5.05. The largest absolute Gasteiger partial charge is 0.495 e. The molecular weight excluding hydrogens is 358 g/mol. The number of nitrogens with zero attached hydrogens (tertiary/aromatic N) is 1. The summed E-state index contributed by atoms with van der Waals surface area (Å²) in [5, 5.41) is 28.8. The quantitative estimate of drug-likeness (QED) is 0.498. The molecule has 2 aromatic rings. The number of hydrogen-bond acceptors (Lipinski definition) is 7. The van der Waals surface area contributed by atoms with Gasteiger partial charge in [0.05, 0.1) is 11.6 Å². The molecule has 10 nitrogen and oxygen atoms in total. The Hall–Kier alpha value is -3.53. The molecule has 1 aromatic heterocycles. The molecule has 0 saturated heterocycles. The molecule has 0 aliphatic heterocycles. The van der Waals surface area contributed by atoms with Crippen LogP contribution in [0.5, 0.6) is 11.8 Å². The third-order valence-electron chi connectivity index (χ3n) is 3.63. The molecule has 27 heavy (non-hydrogen) atoms. The smallest absolute Gasteiger partial charge is 0.418 e. The summed E-state index contributed by atoms with van der Waals surface area (Å²) in [6, 6.07) is 6.27. The van der Waals surface area contributed by atoms with Gasteiger partial charge in [-0.1, -0.05) is 30.3 Å². The first-order valence-electron chi connectivity index (χ1n) is 7.85. The van der Waals surface area contributed by atoms with Crippen LogP contribution >= 0.6 is 0 Å². The van der Waals surface area contributed by atoms with Gasteiger partial charge in [-0.3, -0.25) is 9.78 Å². The van der Waals surface area contributed by atoms with Crippen LogP contribution in [0.25, 0.3) is 0 Å². The standard InChI is InChI=1S/C17H19N3O7/c1-9(18)15(23)20(17(26)27-8-10-5-3-2-4-6-10)13(16(24)25)11-7-12(21)19-14(11)22/h2-7,9,13,19,21-22H,8,18H2,1H3,(H,24,25)/t9-,13?/m0/s1. The van der Waals surface area contributed by atoms with Crippen molar-refractivity contribution in [2.45, 2.75) is 25.6 Å². The van der Waals surface area contributed by atoms with Crippen molar-refractivity contribution in [2.24, 2.45) is 5.73 Å². The van der Waals surface area contributed by atoms with E-state index in [1.165, 1.54) is 6.92 Å². The molecule has 1 unspecified atom stereocenters. The summed E-state index contributed by atoms with van der Waals surface area (Å²) in [6.07, 6.45) is -1.26. The highest BCUT2D eigenvalue weighted by atomic mass is 16.6. The zero-order valence-electron chi connectivity index (χ0n) is 14.3. The van der Waals surface area contributed by atoms with Crippen LogP contribution in [-0.2, 0) is 20.9 Å². The fourth-order valence-corrected chi connectivity index (χ4v) is 2.37. The van der Waals surface area contributed by atoms with E-state index in [2.05, 4.69) is 4.98 Å². The van der Waals surface area contributed by atoms with Crippen LogP contribution in [0.4, 0.5) is 4.79 Å². The average Bonchev–Trinajstić information content (AvgIpc) is 2.95. The van der Waals surface area contributed by atoms with Crippen molar-refractivity contribution in [3.8, 4) is 11.8 Å². The lowest BCUT2D eigenvalue weighted by Gasteiger charge is -2.27. The van der Waals surface area contributed by atoms with Gasteiger partial charge >= 0.3 is 12.1 Å². The van der Waals surface area contributed by atoms with Gasteiger partial charge < -0.3 is 25.8 Å². The van der Waals surface area contributed by atoms with Crippen molar-refractivity contribution in [3.05, 3.63) is 47.5 Å². The minimum atomic E-state index is -1.95. The van der Waals surface area contributed by atoms with E-state index >= 15 is 0 Å². The lowest BCUT2D eigenvalue weighted by Crippen LogP contribution is -2.49. The molecule has 2 rings (SSSR count). The maximum absolute atomic E-state index is 12.5. The third kappa shape index (κ3) is 4.55. The van der Waals surface area contributed by atoms with E-state index in [-0.39, 0.29) is 6.61 Å². The van der Waals surface area contributed by atoms with Crippen molar-refractivity contribution >= 4 is 18.0 Å². The third-order valence-corrected chi connectivity index (χ3v) is 3.63. The molecule has 2 amide bonds. The summed E-state index contributed by atoms with van der Waals surface area (Å²) in [5.41, 5.74) is 5.75. The number of benzene rings is 1. The number of carboxylic acid groups (broad SMARTS) is 1. The van der Waals surface area contributed by atoms with Crippen LogP contribution in [0.3, 0.4) is 0 Å². The average molecular weight is 377 g/mol. The fraction of sp³-hybridized carbons (Fsp3) is 0.235. The van der Waals surface area contributed by atoms with Crippen LogP contribution in [0.1, 0.15) is 24.1 Å². The Kier molecular flexibility index (Phi) is 6.03. The van der Waals surface area contributed by atoms with Crippen molar-refractivity contribution in [3.63, 3.8) is 0 Å². The van der Waals surface area contributed by atoms with Crippen molar-refractivity contribution in [2.75, 3.05) is 0 Å². The second kappa shape index (κ2) is 8.23. The van der Waals surface area contributed by atoms with Gasteiger partial charge in [0.25, 0.3) is 0 Å². The van der Waals surface area contributed by atoms with E-state index in [1.807, 2.05) is 0 Å². The number of carbonyl (C=O) groups is 3. The number of carboxylic acids is 1. The molecule has 0 saturated carbocycles. The van der Waals surface area contributed by atoms with Gasteiger partial charge in [-0.15, -0.1) is 0 Å². The van der Waals surface area contributed by atoms with Crippen molar-refractivity contribution in [1.82, 2.24) is 9.88 Å². The SMILES string of the molecule is C[C@H](N)C(=O)N(C(=O)OCc1ccccc1)C(C(=O)O)c1cc(O)[nH]c1O. The molecule has 0 fully saturated rings. The number of aromatic nitrogens is 1. The predicted molar refractivity (Wildman–Crippen MR) is 91.6 cm³/mol. The number of nitrogens with two attached hydrogens (primary N) is 1. The van der Waals surface area contributed by atoms with Crippen LogP contribution in [-0.4, -0.2) is 49.2 Å². The lowest BCUT2D eigenvalue weighted by atomic mass is 10.1. The van der Waals surface area contributed by atoms with E-state index in [4.69, 9.17) is 10.5 Å². The van der Waals surface area contributed by atoms with Gasteiger partial charge in [-0.2, -0.15) is 0 Å². The molecule has 0 bridgehead atoms. The molecule has 0 radical (unpaired) electrons. The Morgan fingerprint density at radius 3 is 2.33 bits per heavy atom. The number of hydrogen-bond donors (Lipinski definition) is 5. The first kappa shape index (κ1) is 19.8. The summed E-state index contributed by atoms with van der Waals surface area (Å²) in [6.45, 7) is 1.06. The molecule has 0 aliphatic carbocycles. The van der Waals surface area contributed by atoms with E-state index in [9.17, 15) is 29.7 Å². The van der Waals surface area contributed by atoms with Crippen molar-refractivity contribution in [1.29, 1.82) is 0 Å². The maximum atomic E-state index is 12.5. The second-order valence-electron chi connectivity index (χ2n) is 5.74. The molecule has 1 heterocycles. The predicted octanol–water partition coefficient (Wildman–Crippen LogP) is 1.06. The van der Waals surface area contributed by atoms with E-state index in [0.29, 0.717) is 10.5 Å². The Bertz CT molecular complexity index is 832. The highest BCUT2D eigenvalue weighted by molar-refractivity contribution is 5.99. The first-order chi connectivity index (χ1) is 12.7. The number of imide groups is 1. The van der Waals surface area contributed by atoms with Crippen LogP contribution in [0.15, 0.2) is 36.4 Å². The Morgan fingerprint density at radius 2 is 1.85 bits per heavy atom. The molecular formula is C17H19N3O7. The van der Waals surface area contributed by atoms with Crippen LogP contribution in [0, 0.1) is 0 Å². The van der Waals surface area contributed by atoms with E-state index < -0.39 is 47.4 Å². The molecule has 10 heteroatoms. The number of ether oxygens (including phenoxy) is 1. The molecule has 2 atom stereocenters. The number of amides is 2. The highest BCUT2D eigenvalue weighted by Crippen LogP contribution is 2.33. The Balaban J connectivity index is 2.36. The molecule has 0 spiro atoms. The monoisotopic (exact) mass is 377 g/mol. The number of carbonyl (C=O) groups excluding carboxylic acids is 2. The van der Waals surface area contributed by atoms with Crippen LogP contribution < -0.4 is 5.73 Å². The van der Waals surface area contributed by atoms with Gasteiger partial charge in [-0.05, 0) is 12.5 Å². The molecule has 0 aliphatic rings. The normalized spacial score (nSPS) is 12.8. The minimum absolute atomic E-state index is 0.209. The van der Waals surface area contributed by atoms with E-state index in [0.717, 1.165) is 6.07 Å². The second-order valence-corrected chi connectivity index (χ2v) is 5.74. The Labute approximate surface area is 153 Å². The number of aromatic amines is 1. The molecule has 6 N–H and O–H groups in total. The zero-order valence-corrected chi connectivity index (χ0v) is 14.3. The van der Waals surface area contributed by atoms with Crippen molar-refractivity contribution < 1.29 is 34.4 Å². The summed E-state index contributed by atoms with van der Waals surface area (Å²) in [5.74, 6) is -3.91. The zero-order chi connectivity index (χ0) is 20.1. The van der Waals surface area contributed by atoms with Gasteiger partial charge in [-0.25, -0.2) is 14.5 Å². The summed E-state index contributed by atoms with van der Waals surface area (Å²) >= 11 is 0. The first-order valence-corrected chi connectivity index (χ1v) is 7.85. The van der Waals surface area contributed by atoms with E-state index in [1.54, 1.807) is 30.3 Å². The number of aromatic hydroxyl groups is 2. The Morgan fingerprint density at radius 1 is 1.22 bits per heavy atom. The van der Waals surface area contributed by atoms with Crippen LogP contribution in [0.2, 0.25) is 0 Å². The molecule has 1 aromatic carbocycles. The van der Waals surface area contributed by atoms with Gasteiger partial charge in [0.15, 0.2) is 17.8 Å². The van der Waals surface area contributed by atoms with Gasteiger partial charge in [0.1, 0.15) is 6.61 Å². The number of aliphatic carboxylic acids is 1. The summed E-state index contributed by atoms with van der Waals surface area (Å²) in [7, 11) is 0. The number of nitrogens with one attached hydrogen (secondary N) is 1. The lowest BCUT2D eigenvalue weighted by molar-refractivity contribution is -0.149. The minimum Gasteiger partial charge on any atom is -0.495 e. The number of H-pyrrole nitrogens is 1. The number of rotatable bonds is 6. The molecule has 144 valence electrons. The highest BCUT2D eigenvalue weighted by Gasteiger charge is 2.40. The maximum Gasteiger partial charge on any atom is 0.418 e. The van der Waals surface area contributed by atoms with Gasteiger partial charge in [0, 0.05) is 6.07 Å².